The molecule has 0 saturated carbocycles. The lowest BCUT2D eigenvalue weighted by atomic mass is 9.99. The number of esters is 4. The number of carbonyl (C=O) groups is 4. The molecule has 19 heteroatoms. The van der Waals surface area contributed by atoms with Gasteiger partial charge >= 0.3 is 39.5 Å². The molecule has 6 atom stereocenters. The Kier molecular flexibility index (Phi) is 76.9. The number of phosphoric ester groups is 2. The Bertz CT molecular complexity index is 2030. The Labute approximate surface area is 651 Å². The lowest BCUT2D eigenvalue weighted by Gasteiger charge is -2.21. The predicted molar refractivity (Wildman–Crippen MR) is 437 cm³/mol. The largest absolute Gasteiger partial charge is 0.472 e. The van der Waals surface area contributed by atoms with E-state index in [4.69, 9.17) is 37.0 Å². The zero-order valence-corrected chi connectivity index (χ0v) is 71.5. The van der Waals surface area contributed by atoms with Crippen LogP contribution in [0.4, 0.5) is 0 Å². The molecule has 0 radical (unpaired) electrons. The second-order valence-electron chi connectivity index (χ2n) is 32.0. The van der Waals surface area contributed by atoms with Crippen LogP contribution in [-0.4, -0.2) is 96.7 Å². The highest BCUT2D eigenvalue weighted by molar-refractivity contribution is 7.47. The standard InChI is InChI=1S/C87H170O17P2/c1-7-10-12-14-16-18-19-20-21-22-26-29-35-40-46-52-58-64-70-85(90)98-76-83(104-87(92)71-65-59-53-47-41-36-30-27-24-23-25-28-34-39-45-50-56-62-68-80(6)9-3)78-102-106(95,96)100-74-81(88)73-99-105(93,94)101-77-82(75-97-84(89)69-63-57-51-43-17-15-13-11-8-2)103-86(91)72-66-60-54-48-42-37-32-31-33-38-44-49-55-61-67-79(4)5/h79-83,88H,7-78H2,1-6H3,(H,93,94)(H,95,96)/t80?,81-,82+,83+/m0/s1. The average Bonchev–Trinajstić information content (AvgIpc) is 0.902. The number of hydrogen-bond donors (Lipinski definition) is 3. The summed E-state index contributed by atoms with van der Waals surface area (Å²) in [6.45, 7) is 9.75. The van der Waals surface area contributed by atoms with Gasteiger partial charge in [-0.2, -0.15) is 0 Å². The Balaban J connectivity index is 5.20. The van der Waals surface area contributed by atoms with Gasteiger partial charge in [0.15, 0.2) is 12.2 Å². The van der Waals surface area contributed by atoms with Crippen LogP contribution < -0.4 is 0 Å². The van der Waals surface area contributed by atoms with Gasteiger partial charge < -0.3 is 33.8 Å². The van der Waals surface area contributed by atoms with Crippen LogP contribution in [0.2, 0.25) is 0 Å². The SMILES string of the molecule is CCCCCCCCCCCCCCCCCCCCC(=O)OC[C@H](COP(=O)(O)OC[C@@H](O)COP(=O)(O)OC[C@@H](COC(=O)CCCCCCCCCCC)OC(=O)CCCCCCCCCCCCCCCCC(C)C)OC(=O)CCCCCCCCCCCCCCCCCCCCC(C)CC. The van der Waals surface area contributed by atoms with Gasteiger partial charge in [0.1, 0.15) is 19.3 Å². The fourth-order valence-electron chi connectivity index (χ4n) is 13.6. The summed E-state index contributed by atoms with van der Waals surface area (Å²) in [7, 11) is -9.93. The number of carbonyl (C=O) groups excluding carboxylic acids is 4. The molecule has 0 aliphatic heterocycles. The molecule has 0 aromatic carbocycles. The minimum Gasteiger partial charge on any atom is -0.462 e. The minimum atomic E-state index is -4.97. The van der Waals surface area contributed by atoms with Gasteiger partial charge in [-0.25, -0.2) is 9.13 Å². The molecule has 106 heavy (non-hydrogen) atoms. The first kappa shape index (κ1) is 104. The van der Waals surface area contributed by atoms with E-state index in [2.05, 4.69) is 41.5 Å². The molecule has 0 aromatic heterocycles. The summed E-state index contributed by atoms with van der Waals surface area (Å²) in [6.07, 6.45) is 70.8. The second-order valence-corrected chi connectivity index (χ2v) is 34.9. The molecule has 0 saturated heterocycles. The topological polar surface area (TPSA) is 237 Å². The molecule has 0 heterocycles. The summed E-state index contributed by atoms with van der Waals surface area (Å²) >= 11 is 0. The first-order valence-corrected chi connectivity index (χ1v) is 48.0. The molecule has 3 unspecified atom stereocenters. The Morgan fingerprint density at radius 1 is 0.274 bits per heavy atom. The van der Waals surface area contributed by atoms with Crippen LogP contribution in [-0.2, 0) is 65.4 Å². The third-order valence-corrected chi connectivity index (χ3v) is 22.7. The van der Waals surface area contributed by atoms with Crippen molar-refractivity contribution in [2.45, 2.75) is 484 Å². The van der Waals surface area contributed by atoms with E-state index in [-0.39, 0.29) is 25.7 Å². The van der Waals surface area contributed by atoms with Crippen LogP contribution in [0.25, 0.3) is 0 Å². The maximum atomic E-state index is 13.2. The molecule has 3 N–H and O–H groups in total. The highest BCUT2D eigenvalue weighted by Gasteiger charge is 2.30. The van der Waals surface area contributed by atoms with E-state index >= 15 is 0 Å². The van der Waals surface area contributed by atoms with E-state index in [1.807, 2.05) is 0 Å². The fraction of sp³-hybridized carbons (Fsp3) is 0.954. The Morgan fingerprint density at radius 3 is 0.717 bits per heavy atom. The van der Waals surface area contributed by atoms with E-state index in [1.54, 1.807) is 0 Å². The molecule has 0 spiro atoms. The van der Waals surface area contributed by atoms with E-state index < -0.39 is 97.5 Å². The number of aliphatic hydroxyl groups is 1. The van der Waals surface area contributed by atoms with Gasteiger partial charge in [-0.1, -0.05) is 414 Å². The molecule has 630 valence electrons. The number of unbranched alkanes of at least 4 members (excludes halogenated alkanes) is 55. The molecule has 17 nitrogen and oxygen atoms in total. The van der Waals surface area contributed by atoms with Crippen LogP contribution in [0.3, 0.4) is 0 Å². The third kappa shape index (κ3) is 78.7. The Hall–Kier alpha value is -1.94. The molecular formula is C87H170O17P2. The number of hydrogen-bond acceptors (Lipinski definition) is 15. The van der Waals surface area contributed by atoms with Crippen molar-refractivity contribution < 1.29 is 80.2 Å². The zero-order valence-electron chi connectivity index (χ0n) is 69.7. The lowest BCUT2D eigenvalue weighted by Crippen LogP contribution is -2.30. The number of rotatable bonds is 86. The van der Waals surface area contributed by atoms with Gasteiger partial charge in [-0.05, 0) is 37.5 Å². The number of aliphatic hydroxyl groups excluding tert-OH is 1. The maximum Gasteiger partial charge on any atom is 0.472 e. The molecule has 0 rings (SSSR count). The van der Waals surface area contributed by atoms with E-state index in [0.717, 1.165) is 102 Å². The molecule has 0 bridgehead atoms. The van der Waals surface area contributed by atoms with Crippen molar-refractivity contribution in [1.29, 1.82) is 0 Å². The Morgan fingerprint density at radius 2 is 0.481 bits per heavy atom. The maximum absolute atomic E-state index is 13.2. The van der Waals surface area contributed by atoms with Crippen LogP contribution in [0.1, 0.15) is 465 Å². The molecule has 0 fully saturated rings. The summed E-state index contributed by atoms with van der Waals surface area (Å²) < 4.78 is 68.9. The van der Waals surface area contributed by atoms with Crippen molar-refractivity contribution in [2.75, 3.05) is 39.6 Å². The van der Waals surface area contributed by atoms with Crippen molar-refractivity contribution >= 4 is 39.5 Å². The van der Waals surface area contributed by atoms with Gasteiger partial charge in [-0.3, -0.25) is 37.3 Å². The summed E-state index contributed by atoms with van der Waals surface area (Å²) in [5.74, 6) is -0.435. The monoisotopic (exact) mass is 1550 g/mol. The van der Waals surface area contributed by atoms with Gasteiger partial charge in [0.2, 0.25) is 0 Å². The molecule has 0 aliphatic rings. The highest BCUT2D eigenvalue weighted by Crippen LogP contribution is 2.45. The minimum absolute atomic E-state index is 0.108. The molecular weight excluding hydrogens is 1380 g/mol. The van der Waals surface area contributed by atoms with Crippen LogP contribution >= 0.6 is 15.6 Å². The van der Waals surface area contributed by atoms with Crippen molar-refractivity contribution in [3.05, 3.63) is 0 Å². The summed E-state index contributed by atoms with van der Waals surface area (Å²) in [5, 5.41) is 10.7. The van der Waals surface area contributed by atoms with Crippen molar-refractivity contribution in [1.82, 2.24) is 0 Å². The molecule has 0 aromatic rings. The van der Waals surface area contributed by atoms with Gasteiger partial charge in [0.25, 0.3) is 0 Å². The van der Waals surface area contributed by atoms with E-state index in [0.29, 0.717) is 25.7 Å². The van der Waals surface area contributed by atoms with Crippen LogP contribution in [0.15, 0.2) is 0 Å². The molecule has 0 amide bonds. The first-order valence-electron chi connectivity index (χ1n) is 45.0. The quantitative estimate of drug-likeness (QED) is 0.0222. The average molecular weight is 1550 g/mol. The molecule has 0 aliphatic carbocycles. The van der Waals surface area contributed by atoms with Crippen molar-refractivity contribution in [3.8, 4) is 0 Å². The van der Waals surface area contributed by atoms with Gasteiger partial charge in [0.05, 0.1) is 26.4 Å². The van der Waals surface area contributed by atoms with E-state index in [9.17, 15) is 43.2 Å². The third-order valence-electron chi connectivity index (χ3n) is 20.8. The summed E-state index contributed by atoms with van der Waals surface area (Å²) in [5.41, 5.74) is 0. The summed E-state index contributed by atoms with van der Waals surface area (Å²) in [6, 6.07) is 0. The normalized spacial score (nSPS) is 14.1. The van der Waals surface area contributed by atoms with Crippen LogP contribution in [0.5, 0.6) is 0 Å². The smallest absolute Gasteiger partial charge is 0.462 e. The zero-order chi connectivity index (χ0) is 77.8. The van der Waals surface area contributed by atoms with Crippen LogP contribution in [0, 0.1) is 11.8 Å². The van der Waals surface area contributed by atoms with E-state index in [1.165, 1.54) is 283 Å². The first-order chi connectivity index (χ1) is 51.4. The van der Waals surface area contributed by atoms with Crippen molar-refractivity contribution in [2.24, 2.45) is 11.8 Å². The van der Waals surface area contributed by atoms with Gasteiger partial charge in [-0.15, -0.1) is 0 Å². The second kappa shape index (κ2) is 78.3. The highest BCUT2D eigenvalue weighted by atomic mass is 31.2. The summed E-state index contributed by atoms with van der Waals surface area (Å²) in [4.78, 5) is 73.2. The predicted octanol–water partition coefficient (Wildman–Crippen LogP) is 26.6. The van der Waals surface area contributed by atoms with Crippen molar-refractivity contribution in [3.63, 3.8) is 0 Å². The van der Waals surface area contributed by atoms with Gasteiger partial charge in [0, 0.05) is 25.7 Å². The fourth-order valence-corrected chi connectivity index (χ4v) is 15.1. The lowest BCUT2D eigenvalue weighted by molar-refractivity contribution is -0.161. The number of ether oxygens (including phenoxy) is 4. The number of phosphoric acid groups is 2.